The van der Waals surface area contributed by atoms with Gasteiger partial charge in [0.05, 0.1) is 11.3 Å². The second kappa shape index (κ2) is 7.04. The lowest BCUT2D eigenvalue weighted by Gasteiger charge is -2.39. The van der Waals surface area contributed by atoms with E-state index in [0.717, 1.165) is 0 Å². The Hall–Kier alpha value is -2.86. The Kier molecular flexibility index (Phi) is 4.93. The number of halogens is 3. The Balaban J connectivity index is 1.86. The summed E-state index contributed by atoms with van der Waals surface area (Å²) in [6.07, 6.45) is -2.61. The third-order valence-corrected chi connectivity index (χ3v) is 4.55. The van der Waals surface area contributed by atoms with Gasteiger partial charge in [0.25, 0.3) is 0 Å². The van der Waals surface area contributed by atoms with Gasteiger partial charge in [0, 0.05) is 37.7 Å². The number of aromatic nitrogens is 3. The van der Waals surface area contributed by atoms with Crippen LogP contribution in [0.5, 0.6) is 0 Å². The van der Waals surface area contributed by atoms with Crippen LogP contribution in [-0.2, 0) is 0 Å². The molecule has 0 saturated carbocycles. The number of hydrogen-bond acceptors (Lipinski definition) is 6. The summed E-state index contributed by atoms with van der Waals surface area (Å²) in [6, 6.07) is 3.35. The van der Waals surface area contributed by atoms with Crippen molar-refractivity contribution in [3.63, 3.8) is 0 Å². The summed E-state index contributed by atoms with van der Waals surface area (Å²) in [4.78, 5) is 14.0. The number of alkyl halides is 3. The predicted octanol–water partition coefficient (Wildman–Crippen LogP) is 2.06. The normalized spacial score (nSPS) is 16.6. The number of pyridine rings is 1. The van der Waals surface area contributed by atoms with Crippen molar-refractivity contribution in [2.24, 2.45) is 0 Å². The molecule has 27 heavy (non-hydrogen) atoms. The molecule has 3 rings (SSSR count). The van der Waals surface area contributed by atoms with E-state index in [-0.39, 0.29) is 13.1 Å². The third-order valence-electron chi connectivity index (χ3n) is 4.55. The minimum Gasteiger partial charge on any atom is -0.384 e. The van der Waals surface area contributed by atoms with Crippen LogP contribution in [0.4, 0.5) is 24.8 Å². The number of aryl methyl sites for hydroxylation is 1. The molecule has 0 unspecified atom stereocenters. The molecule has 0 amide bonds. The first-order chi connectivity index (χ1) is 12.7. The van der Waals surface area contributed by atoms with E-state index in [0.29, 0.717) is 28.5 Å². The average molecular weight is 377 g/mol. The Labute approximate surface area is 154 Å². The first kappa shape index (κ1) is 18.9. The van der Waals surface area contributed by atoms with Crippen LogP contribution in [0.15, 0.2) is 24.7 Å². The van der Waals surface area contributed by atoms with Crippen molar-refractivity contribution in [1.82, 2.24) is 15.0 Å². The van der Waals surface area contributed by atoms with Crippen LogP contribution in [0, 0.1) is 18.8 Å². The third kappa shape index (κ3) is 3.95. The van der Waals surface area contributed by atoms with E-state index < -0.39 is 24.6 Å². The maximum Gasteiger partial charge on any atom is 0.417 e. The van der Waals surface area contributed by atoms with Gasteiger partial charge in [-0.1, -0.05) is 11.8 Å². The zero-order valence-corrected chi connectivity index (χ0v) is 14.6. The first-order valence-electron chi connectivity index (χ1n) is 8.29. The summed E-state index contributed by atoms with van der Waals surface area (Å²) in [5.41, 5.74) is 4.68. The Morgan fingerprint density at radius 1 is 1.15 bits per heavy atom. The zero-order valence-electron chi connectivity index (χ0n) is 14.6. The Morgan fingerprint density at radius 3 is 2.44 bits per heavy atom. The number of piperidine rings is 1. The van der Waals surface area contributed by atoms with Gasteiger partial charge in [-0.15, -0.1) is 0 Å². The molecule has 0 bridgehead atoms. The van der Waals surface area contributed by atoms with E-state index in [1.807, 2.05) is 0 Å². The fraction of sp³-hybridized carbons (Fsp3) is 0.389. The molecule has 1 aliphatic rings. The standard InChI is InChI=1S/C18H18F3N5O/c1-12-14(4-2-13-3-5-15(22)23-10-13)16(25-11-24-12)26-8-6-17(27,7-9-26)18(19,20)21/h3,5,10-11,27H,6-9H2,1H3,(H2,22,23). The maximum atomic E-state index is 13.0. The number of aliphatic hydroxyl groups is 1. The van der Waals surface area contributed by atoms with Crippen LogP contribution >= 0.6 is 0 Å². The van der Waals surface area contributed by atoms with E-state index >= 15 is 0 Å². The lowest BCUT2D eigenvalue weighted by molar-refractivity contribution is -0.266. The summed E-state index contributed by atoms with van der Waals surface area (Å²) >= 11 is 0. The van der Waals surface area contributed by atoms with Crippen molar-refractivity contribution >= 4 is 11.6 Å². The largest absolute Gasteiger partial charge is 0.417 e. The van der Waals surface area contributed by atoms with Gasteiger partial charge < -0.3 is 15.7 Å². The molecule has 0 spiro atoms. The number of anilines is 2. The van der Waals surface area contributed by atoms with Gasteiger partial charge in [-0.05, 0) is 19.1 Å². The molecule has 1 fully saturated rings. The Morgan fingerprint density at radius 2 is 1.85 bits per heavy atom. The highest BCUT2D eigenvalue weighted by molar-refractivity contribution is 5.59. The van der Waals surface area contributed by atoms with Crippen molar-refractivity contribution in [3.8, 4) is 11.8 Å². The summed E-state index contributed by atoms with van der Waals surface area (Å²) in [5, 5.41) is 9.84. The molecule has 0 aromatic carbocycles. The summed E-state index contributed by atoms with van der Waals surface area (Å²) in [5.74, 6) is 6.77. The van der Waals surface area contributed by atoms with Crippen molar-refractivity contribution in [3.05, 3.63) is 41.5 Å². The van der Waals surface area contributed by atoms with Gasteiger partial charge in [0.2, 0.25) is 0 Å². The number of hydrogen-bond donors (Lipinski definition) is 2. The summed E-state index contributed by atoms with van der Waals surface area (Å²) < 4.78 is 39.0. The topological polar surface area (TPSA) is 88.2 Å². The molecule has 142 valence electrons. The minimum absolute atomic E-state index is 0.0184. The van der Waals surface area contributed by atoms with Crippen LogP contribution < -0.4 is 10.6 Å². The van der Waals surface area contributed by atoms with Gasteiger partial charge in [-0.25, -0.2) is 15.0 Å². The molecule has 0 aliphatic carbocycles. The number of nitrogens with two attached hydrogens (primary N) is 1. The van der Waals surface area contributed by atoms with Crippen molar-refractivity contribution in [2.45, 2.75) is 31.5 Å². The molecular formula is C18H18F3N5O. The highest BCUT2D eigenvalue weighted by Crippen LogP contribution is 2.39. The van der Waals surface area contributed by atoms with Crippen LogP contribution in [0.1, 0.15) is 29.7 Å². The molecule has 1 saturated heterocycles. The van der Waals surface area contributed by atoms with Gasteiger partial charge >= 0.3 is 6.18 Å². The van der Waals surface area contributed by atoms with Crippen LogP contribution in [0.3, 0.4) is 0 Å². The van der Waals surface area contributed by atoms with E-state index in [1.54, 1.807) is 24.0 Å². The second-order valence-corrected chi connectivity index (χ2v) is 6.40. The van der Waals surface area contributed by atoms with Crippen molar-refractivity contribution in [1.29, 1.82) is 0 Å². The van der Waals surface area contributed by atoms with Crippen LogP contribution in [0.2, 0.25) is 0 Å². The first-order valence-corrected chi connectivity index (χ1v) is 8.29. The molecule has 6 nitrogen and oxygen atoms in total. The number of rotatable bonds is 1. The van der Waals surface area contributed by atoms with Crippen LogP contribution in [0.25, 0.3) is 0 Å². The maximum absolute atomic E-state index is 13.0. The van der Waals surface area contributed by atoms with E-state index in [9.17, 15) is 18.3 Å². The van der Waals surface area contributed by atoms with E-state index in [4.69, 9.17) is 5.73 Å². The smallest absolute Gasteiger partial charge is 0.384 e. The molecule has 3 heterocycles. The Bertz CT molecular complexity index is 879. The summed E-state index contributed by atoms with van der Waals surface area (Å²) in [6.45, 7) is 1.79. The van der Waals surface area contributed by atoms with Crippen molar-refractivity contribution in [2.75, 3.05) is 23.7 Å². The van der Waals surface area contributed by atoms with Gasteiger partial charge in [-0.3, -0.25) is 0 Å². The number of nitrogen functional groups attached to an aromatic ring is 1. The van der Waals surface area contributed by atoms with Gasteiger partial charge in [0.15, 0.2) is 5.60 Å². The number of nitrogens with zero attached hydrogens (tertiary/aromatic N) is 4. The van der Waals surface area contributed by atoms with Gasteiger partial charge in [-0.2, -0.15) is 13.2 Å². The summed E-state index contributed by atoms with van der Waals surface area (Å²) in [7, 11) is 0. The van der Waals surface area contributed by atoms with Crippen LogP contribution in [-0.4, -0.2) is 44.9 Å². The SMILES string of the molecule is Cc1ncnc(N2CCC(O)(C(F)(F)F)CC2)c1C#Cc1ccc(N)nc1. The molecule has 0 atom stereocenters. The van der Waals surface area contributed by atoms with E-state index in [2.05, 4.69) is 26.8 Å². The molecule has 9 heteroatoms. The van der Waals surface area contributed by atoms with Crippen molar-refractivity contribution < 1.29 is 18.3 Å². The molecule has 2 aromatic rings. The zero-order chi connectivity index (χ0) is 19.7. The molecular weight excluding hydrogens is 359 g/mol. The lowest BCUT2D eigenvalue weighted by Crippen LogP contribution is -2.53. The molecule has 2 aromatic heterocycles. The molecule has 3 N–H and O–H groups in total. The fourth-order valence-electron chi connectivity index (χ4n) is 2.83. The average Bonchev–Trinajstić information content (AvgIpc) is 2.62. The quantitative estimate of drug-likeness (QED) is 0.740. The minimum atomic E-state index is -4.65. The molecule has 0 radical (unpaired) electrons. The van der Waals surface area contributed by atoms with Gasteiger partial charge in [0.1, 0.15) is 18.0 Å². The fourth-order valence-corrected chi connectivity index (χ4v) is 2.83. The predicted molar refractivity (Wildman–Crippen MR) is 93.9 cm³/mol. The molecule has 1 aliphatic heterocycles. The second-order valence-electron chi connectivity index (χ2n) is 6.40. The highest BCUT2D eigenvalue weighted by Gasteiger charge is 2.54. The monoisotopic (exact) mass is 377 g/mol. The lowest BCUT2D eigenvalue weighted by atomic mass is 9.90. The highest BCUT2D eigenvalue weighted by atomic mass is 19.4. The van der Waals surface area contributed by atoms with E-state index in [1.165, 1.54) is 12.5 Å².